The van der Waals surface area contributed by atoms with Gasteiger partial charge >= 0.3 is 5.97 Å². The summed E-state index contributed by atoms with van der Waals surface area (Å²) in [5.74, 6) is -0.442. The normalized spacial score (nSPS) is 15.5. The van der Waals surface area contributed by atoms with Gasteiger partial charge < -0.3 is 14.8 Å². The number of methoxy groups -OCH3 is 1. The average Bonchev–Trinajstić information content (AvgIpc) is 3.13. The molecule has 1 aliphatic heterocycles. The number of anilines is 1. The van der Waals surface area contributed by atoms with E-state index in [9.17, 15) is 18.0 Å². The maximum absolute atomic E-state index is 13.0. The number of esters is 1. The van der Waals surface area contributed by atoms with Crippen LogP contribution in [0.25, 0.3) is 0 Å². The molecule has 180 valence electrons. The lowest BCUT2D eigenvalue weighted by molar-refractivity contribution is -0.154. The minimum absolute atomic E-state index is 0.0238. The number of carbonyl (C=O) groups is 2. The Morgan fingerprint density at radius 1 is 1.00 bits per heavy atom. The maximum Gasteiger partial charge on any atom is 0.308 e. The number of aliphatic imine (C=N–C) groups is 1. The zero-order valence-electron chi connectivity index (χ0n) is 18.8. The van der Waals surface area contributed by atoms with Crippen LogP contribution in [0.1, 0.15) is 23.7 Å². The largest absolute Gasteiger partial charge is 0.497 e. The van der Waals surface area contributed by atoms with E-state index in [0.29, 0.717) is 22.6 Å². The summed E-state index contributed by atoms with van der Waals surface area (Å²) in [6.07, 6.45) is -1.34. The molecule has 0 saturated heterocycles. The molecule has 0 bridgehead atoms. The molecule has 35 heavy (non-hydrogen) atoms. The molecule has 10 heteroatoms. The summed E-state index contributed by atoms with van der Waals surface area (Å²) in [5, 5.41) is 2.74. The zero-order chi connectivity index (χ0) is 24.8. The van der Waals surface area contributed by atoms with Crippen LogP contribution < -0.4 is 14.8 Å². The number of fused-ring (bicyclic) bond motifs is 1. The quantitative estimate of drug-likeness (QED) is 0.465. The average molecular weight is 494 g/mol. The fourth-order valence-corrected chi connectivity index (χ4v) is 4.76. The van der Waals surface area contributed by atoms with Crippen LogP contribution in [-0.4, -0.2) is 39.8 Å². The Hall–Kier alpha value is -4.18. The first-order chi connectivity index (χ1) is 16.9. The number of carbonyl (C=O) groups excluding carboxylic acids is 2. The van der Waals surface area contributed by atoms with Gasteiger partial charge in [-0.2, -0.15) is 0 Å². The van der Waals surface area contributed by atoms with E-state index < -0.39 is 28.0 Å². The first-order valence-corrected chi connectivity index (χ1v) is 12.2. The molecule has 0 saturated carbocycles. The highest BCUT2D eigenvalue weighted by molar-refractivity contribution is 7.90. The van der Waals surface area contributed by atoms with Crippen LogP contribution in [0.5, 0.6) is 5.75 Å². The Bertz CT molecular complexity index is 1370. The Labute approximate surface area is 202 Å². The molecule has 3 aromatic rings. The number of rotatable bonds is 8. The van der Waals surface area contributed by atoms with Crippen molar-refractivity contribution in [1.82, 2.24) is 4.72 Å². The molecular weight excluding hydrogens is 470 g/mol. The van der Waals surface area contributed by atoms with Crippen molar-refractivity contribution in [3.63, 3.8) is 0 Å². The number of sulfonamides is 1. The standard InChI is InChI=1S/C25H23N3O6S/c1-33-19-11-7-10-18(16-19)27-25(30)23(17-8-3-2-4-9-17)34-22(29)14-15-26-24-20-12-5-6-13-21(20)35(31,32)28-24/h2-13,16,23H,14-15H2,1H3,(H,26,28)(H,27,30)/t23-/m0/s1. The van der Waals surface area contributed by atoms with Crippen molar-refractivity contribution < 1.29 is 27.5 Å². The SMILES string of the molecule is COc1cccc(NC(=O)[C@@H](OC(=O)CCN=C2NS(=O)(=O)c3ccccc32)c2ccccc2)c1. The number of nitrogens with one attached hydrogen (secondary N) is 2. The number of nitrogens with zero attached hydrogens (tertiary/aromatic N) is 1. The van der Waals surface area contributed by atoms with E-state index in [1.165, 1.54) is 13.2 Å². The summed E-state index contributed by atoms with van der Waals surface area (Å²) in [6, 6.07) is 21.9. The van der Waals surface area contributed by atoms with Crippen LogP contribution >= 0.6 is 0 Å². The minimum atomic E-state index is -3.67. The van der Waals surface area contributed by atoms with Crippen molar-refractivity contribution >= 4 is 33.4 Å². The Morgan fingerprint density at radius 2 is 1.74 bits per heavy atom. The lowest BCUT2D eigenvalue weighted by atomic mass is 10.1. The minimum Gasteiger partial charge on any atom is -0.497 e. The van der Waals surface area contributed by atoms with Gasteiger partial charge in [-0.25, -0.2) is 8.42 Å². The Kier molecular flexibility index (Phi) is 7.11. The summed E-state index contributed by atoms with van der Waals surface area (Å²) in [4.78, 5) is 30.0. The third kappa shape index (κ3) is 5.67. The van der Waals surface area contributed by atoms with Crippen molar-refractivity contribution in [2.45, 2.75) is 17.4 Å². The monoisotopic (exact) mass is 493 g/mol. The topological polar surface area (TPSA) is 123 Å². The fourth-order valence-electron chi connectivity index (χ4n) is 3.51. The molecule has 0 aliphatic carbocycles. The highest BCUT2D eigenvalue weighted by Gasteiger charge is 2.30. The Balaban J connectivity index is 1.44. The molecule has 0 fully saturated rings. The van der Waals surface area contributed by atoms with Crippen molar-refractivity contribution in [3.05, 3.63) is 90.0 Å². The smallest absolute Gasteiger partial charge is 0.308 e. The third-order valence-corrected chi connectivity index (χ3v) is 6.57. The van der Waals surface area contributed by atoms with Crippen LogP contribution in [0.15, 0.2) is 88.8 Å². The first-order valence-electron chi connectivity index (χ1n) is 10.7. The second-order valence-electron chi connectivity index (χ2n) is 7.58. The van der Waals surface area contributed by atoms with E-state index in [2.05, 4.69) is 15.0 Å². The van der Waals surface area contributed by atoms with Crippen LogP contribution in [0, 0.1) is 0 Å². The van der Waals surface area contributed by atoms with E-state index in [1.807, 2.05) is 0 Å². The highest BCUT2D eigenvalue weighted by Crippen LogP contribution is 2.24. The van der Waals surface area contributed by atoms with Crippen molar-refractivity contribution in [1.29, 1.82) is 0 Å². The van der Waals surface area contributed by atoms with Gasteiger partial charge in [-0.3, -0.25) is 19.3 Å². The molecule has 1 amide bonds. The number of hydrogen-bond donors (Lipinski definition) is 2. The number of amidine groups is 1. The van der Waals surface area contributed by atoms with E-state index in [1.54, 1.807) is 72.8 Å². The van der Waals surface area contributed by atoms with Crippen LogP contribution in [0.4, 0.5) is 5.69 Å². The number of ether oxygens (including phenoxy) is 2. The molecule has 2 N–H and O–H groups in total. The zero-order valence-corrected chi connectivity index (χ0v) is 19.6. The molecule has 9 nitrogen and oxygen atoms in total. The van der Waals surface area contributed by atoms with E-state index >= 15 is 0 Å². The summed E-state index contributed by atoms with van der Waals surface area (Å²) in [6.45, 7) is -0.0238. The predicted molar refractivity (Wildman–Crippen MR) is 130 cm³/mol. The molecule has 0 spiro atoms. The summed E-state index contributed by atoms with van der Waals surface area (Å²) < 4.78 is 37.5. The van der Waals surface area contributed by atoms with E-state index in [4.69, 9.17) is 9.47 Å². The van der Waals surface area contributed by atoms with E-state index in [0.717, 1.165) is 0 Å². The Morgan fingerprint density at radius 3 is 2.51 bits per heavy atom. The van der Waals surface area contributed by atoms with Gasteiger partial charge in [-0.05, 0) is 24.3 Å². The van der Waals surface area contributed by atoms with Gasteiger partial charge in [0.05, 0.1) is 25.0 Å². The van der Waals surface area contributed by atoms with Gasteiger partial charge in [-0.1, -0.05) is 48.5 Å². The maximum atomic E-state index is 13.0. The molecular formula is C25H23N3O6S. The third-order valence-electron chi connectivity index (χ3n) is 5.18. The second kappa shape index (κ2) is 10.4. The van der Waals surface area contributed by atoms with Gasteiger partial charge in [0, 0.05) is 22.9 Å². The van der Waals surface area contributed by atoms with Crippen LogP contribution in [-0.2, 0) is 24.3 Å². The first kappa shape index (κ1) is 24.0. The second-order valence-corrected chi connectivity index (χ2v) is 9.23. The van der Waals surface area contributed by atoms with Gasteiger partial charge in [0.15, 0.2) is 0 Å². The molecule has 1 aliphatic rings. The molecule has 3 aromatic carbocycles. The number of benzene rings is 3. The summed E-state index contributed by atoms with van der Waals surface area (Å²) in [5.41, 5.74) is 1.44. The molecule has 1 atom stereocenters. The van der Waals surface area contributed by atoms with Crippen LogP contribution in [0.3, 0.4) is 0 Å². The highest BCUT2D eigenvalue weighted by atomic mass is 32.2. The molecule has 0 aromatic heterocycles. The number of amides is 1. The lowest BCUT2D eigenvalue weighted by Gasteiger charge is -2.18. The van der Waals surface area contributed by atoms with Crippen molar-refractivity contribution in [2.24, 2.45) is 4.99 Å². The molecule has 1 heterocycles. The summed E-state index contributed by atoms with van der Waals surface area (Å²) >= 11 is 0. The summed E-state index contributed by atoms with van der Waals surface area (Å²) in [7, 11) is -2.14. The predicted octanol–water partition coefficient (Wildman–Crippen LogP) is 3.05. The molecule has 4 rings (SSSR count). The number of hydrogen-bond acceptors (Lipinski definition) is 7. The van der Waals surface area contributed by atoms with Gasteiger partial charge in [0.2, 0.25) is 6.10 Å². The lowest BCUT2D eigenvalue weighted by Crippen LogP contribution is -2.26. The van der Waals surface area contributed by atoms with Gasteiger partial charge in [0.1, 0.15) is 11.6 Å². The van der Waals surface area contributed by atoms with E-state index in [-0.39, 0.29) is 23.7 Å². The van der Waals surface area contributed by atoms with Crippen molar-refractivity contribution in [3.8, 4) is 5.75 Å². The van der Waals surface area contributed by atoms with Crippen molar-refractivity contribution in [2.75, 3.05) is 19.0 Å². The molecule has 0 radical (unpaired) electrons. The van der Waals surface area contributed by atoms with Gasteiger partial charge in [-0.15, -0.1) is 0 Å². The van der Waals surface area contributed by atoms with Gasteiger partial charge in [0.25, 0.3) is 15.9 Å². The molecule has 0 unspecified atom stereocenters. The fraction of sp³-hybridized carbons (Fsp3) is 0.160. The van der Waals surface area contributed by atoms with Crippen LogP contribution in [0.2, 0.25) is 0 Å².